The maximum Gasteiger partial charge on any atom is 0.240 e. The van der Waals surface area contributed by atoms with E-state index in [-0.39, 0.29) is 29.0 Å². The smallest absolute Gasteiger partial charge is 0.240 e. The van der Waals surface area contributed by atoms with Crippen molar-refractivity contribution in [2.24, 2.45) is 4.99 Å². The molecule has 1 aliphatic heterocycles. The minimum absolute atomic E-state index is 0.0397. The topological polar surface area (TPSA) is 70.6 Å². The van der Waals surface area contributed by atoms with Crippen molar-refractivity contribution in [3.05, 3.63) is 0 Å². The van der Waals surface area contributed by atoms with E-state index in [0.717, 1.165) is 12.8 Å². The Bertz CT molecular complexity index is 397. The third-order valence-electron chi connectivity index (χ3n) is 2.53. The largest absolute Gasteiger partial charge is 0.353 e. The highest BCUT2D eigenvalue weighted by molar-refractivity contribution is 8.15. The van der Waals surface area contributed by atoms with Crippen LogP contribution in [0.1, 0.15) is 40.0 Å². The average molecular weight is 269 g/mol. The first-order valence-electron chi connectivity index (χ1n) is 6.20. The molecule has 1 aliphatic carbocycles. The second-order valence-electron chi connectivity index (χ2n) is 5.73. The molecule has 6 heteroatoms. The van der Waals surface area contributed by atoms with Crippen molar-refractivity contribution < 1.29 is 9.59 Å². The molecular weight excluding hydrogens is 250 g/mol. The fourth-order valence-electron chi connectivity index (χ4n) is 1.58. The maximum atomic E-state index is 11.7. The molecule has 2 fully saturated rings. The van der Waals surface area contributed by atoms with Crippen molar-refractivity contribution in [3.63, 3.8) is 0 Å². The SMILES string of the molecule is CC(C)(C)N=C1NC(=O)[C@H](CC(=O)NC2CC2)S1. The second kappa shape index (κ2) is 4.91. The molecule has 0 radical (unpaired) electrons. The Hall–Kier alpha value is -1.04. The molecular formula is C12H19N3O2S. The molecule has 2 N–H and O–H groups in total. The van der Waals surface area contributed by atoms with Crippen LogP contribution in [0.4, 0.5) is 0 Å². The lowest BCUT2D eigenvalue weighted by atomic mass is 10.1. The second-order valence-corrected chi connectivity index (χ2v) is 6.92. The number of hydrogen-bond donors (Lipinski definition) is 2. The van der Waals surface area contributed by atoms with Gasteiger partial charge in [-0.05, 0) is 33.6 Å². The molecule has 1 saturated carbocycles. The molecule has 2 amide bonds. The first-order chi connectivity index (χ1) is 8.33. The first kappa shape index (κ1) is 13.4. The van der Waals surface area contributed by atoms with Crippen LogP contribution >= 0.6 is 11.8 Å². The van der Waals surface area contributed by atoms with E-state index in [9.17, 15) is 9.59 Å². The van der Waals surface area contributed by atoms with Gasteiger partial charge in [0.05, 0.1) is 5.54 Å². The number of carbonyl (C=O) groups excluding carboxylic acids is 2. The van der Waals surface area contributed by atoms with Gasteiger partial charge in [-0.25, -0.2) is 0 Å². The van der Waals surface area contributed by atoms with Gasteiger partial charge in [0.25, 0.3) is 0 Å². The molecule has 100 valence electrons. The van der Waals surface area contributed by atoms with Crippen molar-refractivity contribution in [1.82, 2.24) is 10.6 Å². The van der Waals surface area contributed by atoms with Crippen LogP contribution in [-0.4, -0.2) is 33.8 Å². The lowest BCUT2D eigenvalue weighted by Gasteiger charge is -2.12. The molecule has 0 aromatic heterocycles. The summed E-state index contributed by atoms with van der Waals surface area (Å²) in [5.74, 6) is -0.156. The summed E-state index contributed by atoms with van der Waals surface area (Å²) in [4.78, 5) is 27.8. The van der Waals surface area contributed by atoms with Crippen LogP contribution in [0.15, 0.2) is 4.99 Å². The van der Waals surface area contributed by atoms with E-state index in [2.05, 4.69) is 15.6 Å². The van der Waals surface area contributed by atoms with Crippen molar-refractivity contribution in [3.8, 4) is 0 Å². The Morgan fingerprint density at radius 3 is 2.72 bits per heavy atom. The van der Waals surface area contributed by atoms with Gasteiger partial charge in [0, 0.05) is 12.5 Å². The van der Waals surface area contributed by atoms with Crippen LogP contribution in [0.2, 0.25) is 0 Å². The Balaban J connectivity index is 1.88. The Morgan fingerprint density at radius 2 is 2.17 bits per heavy atom. The van der Waals surface area contributed by atoms with Crippen LogP contribution in [0.3, 0.4) is 0 Å². The number of amides is 2. The molecule has 0 spiro atoms. The molecule has 0 unspecified atom stereocenters. The molecule has 0 bridgehead atoms. The van der Waals surface area contributed by atoms with Gasteiger partial charge in [0.2, 0.25) is 11.8 Å². The minimum Gasteiger partial charge on any atom is -0.353 e. The minimum atomic E-state index is -0.343. The first-order valence-corrected chi connectivity index (χ1v) is 7.08. The van der Waals surface area contributed by atoms with Crippen LogP contribution in [-0.2, 0) is 9.59 Å². The van der Waals surface area contributed by atoms with E-state index >= 15 is 0 Å². The van der Waals surface area contributed by atoms with Crippen LogP contribution < -0.4 is 10.6 Å². The predicted molar refractivity (Wildman–Crippen MR) is 72.5 cm³/mol. The third kappa shape index (κ3) is 4.01. The lowest BCUT2D eigenvalue weighted by molar-refractivity contribution is -0.125. The van der Waals surface area contributed by atoms with Crippen molar-refractivity contribution >= 4 is 28.7 Å². The number of aliphatic imine (C=N–C) groups is 1. The maximum absolute atomic E-state index is 11.7. The van der Waals surface area contributed by atoms with E-state index in [1.165, 1.54) is 11.8 Å². The summed E-state index contributed by atoms with van der Waals surface area (Å²) in [6, 6.07) is 0.342. The highest BCUT2D eigenvalue weighted by Gasteiger charge is 2.34. The Kier molecular flexibility index (Phi) is 3.66. The lowest BCUT2D eigenvalue weighted by Crippen LogP contribution is -2.32. The van der Waals surface area contributed by atoms with Gasteiger partial charge in [-0.15, -0.1) is 0 Å². The molecule has 1 saturated heterocycles. The van der Waals surface area contributed by atoms with Crippen molar-refractivity contribution in [1.29, 1.82) is 0 Å². The molecule has 18 heavy (non-hydrogen) atoms. The Labute approximate surface area is 111 Å². The average Bonchev–Trinajstić information content (AvgIpc) is 2.91. The summed E-state index contributed by atoms with van der Waals surface area (Å²) in [5, 5.41) is 5.90. The molecule has 2 rings (SSSR count). The monoisotopic (exact) mass is 269 g/mol. The molecule has 1 atom stereocenters. The number of thioether (sulfide) groups is 1. The van der Waals surface area contributed by atoms with Gasteiger partial charge in [-0.2, -0.15) is 0 Å². The normalized spacial score (nSPS) is 26.3. The van der Waals surface area contributed by atoms with Crippen LogP contribution in [0.5, 0.6) is 0 Å². The highest BCUT2D eigenvalue weighted by atomic mass is 32.2. The molecule has 5 nitrogen and oxygen atoms in total. The van der Waals surface area contributed by atoms with Gasteiger partial charge in [-0.3, -0.25) is 14.6 Å². The summed E-state index contributed by atoms with van der Waals surface area (Å²) >= 11 is 1.35. The number of rotatable bonds is 3. The van der Waals surface area contributed by atoms with E-state index in [1.807, 2.05) is 20.8 Å². The molecule has 1 heterocycles. The van der Waals surface area contributed by atoms with Gasteiger partial charge < -0.3 is 10.6 Å². The Morgan fingerprint density at radius 1 is 1.50 bits per heavy atom. The fraction of sp³-hybridized carbons (Fsp3) is 0.750. The van der Waals surface area contributed by atoms with Gasteiger partial charge >= 0.3 is 0 Å². The number of nitrogens with one attached hydrogen (secondary N) is 2. The standard InChI is InChI=1S/C12H19N3O2S/c1-12(2,3)15-11-14-10(17)8(18-11)6-9(16)13-7-4-5-7/h7-8H,4-6H2,1-3H3,(H,13,16)(H,14,15,17)/t8-/m0/s1. The van der Waals surface area contributed by atoms with Gasteiger partial charge in [-0.1, -0.05) is 11.8 Å². The molecule has 0 aromatic rings. The van der Waals surface area contributed by atoms with Crippen molar-refractivity contribution in [2.45, 2.75) is 56.9 Å². The highest BCUT2D eigenvalue weighted by Crippen LogP contribution is 2.25. The van der Waals surface area contributed by atoms with E-state index in [1.54, 1.807) is 0 Å². The van der Waals surface area contributed by atoms with E-state index in [4.69, 9.17) is 0 Å². The van der Waals surface area contributed by atoms with Gasteiger partial charge in [0.1, 0.15) is 5.25 Å². The summed E-state index contributed by atoms with van der Waals surface area (Å²) in [7, 11) is 0. The zero-order chi connectivity index (χ0) is 13.3. The van der Waals surface area contributed by atoms with Gasteiger partial charge in [0.15, 0.2) is 5.17 Å². The molecule has 2 aliphatic rings. The van der Waals surface area contributed by atoms with Crippen molar-refractivity contribution in [2.75, 3.05) is 0 Å². The third-order valence-corrected chi connectivity index (χ3v) is 3.61. The number of nitrogens with zero attached hydrogens (tertiary/aromatic N) is 1. The number of carbonyl (C=O) groups is 2. The summed E-state index contributed by atoms with van der Waals surface area (Å²) < 4.78 is 0. The van der Waals surface area contributed by atoms with Crippen LogP contribution in [0.25, 0.3) is 0 Å². The number of hydrogen-bond acceptors (Lipinski definition) is 4. The van der Waals surface area contributed by atoms with E-state index in [0.29, 0.717) is 11.2 Å². The zero-order valence-corrected chi connectivity index (χ0v) is 11.8. The molecule has 0 aromatic carbocycles. The summed E-state index contributed by atoms with van der Waals surface area (Å²) in [5.41, 5.74) is -0.221. The van der Waals surface area contributed by atoms with Crippen LogP contribution in [0, 0.1) is 0 Å². The predicted octanol–water partition coefficient (Wildman–Crippen LogP) is 1.04. The fourth-order valence-corrected chi connectivity index (χ4v) is 2.74. The summed E-state index contributed by atoms with van der Waals surface area (Å²) in [6.45, 7) is 5.92. The summed E-state index contributed by atoms with van der Waals surface area (Å²) in [6.07, 6.45) is 2.36. The van der Waals surface area contributed by atoms with E-state index < -0.39 is 0 Å². The quantitative estimate of drug-likeness (QED) is 0.804. The zero-order valence-electron chi connectivity index (χ0n) is 10.9. The number of amidine groups is 1.